The van der Waals surface area contributed by atoms with Crippen molar-refractivity contribution in [3.63, 3.8) is 0 Å². The summed E-state index contributed by atoms with van der Waals surface area (Å²) in [6.45, 7) is 0.0541. The van der Waals surface area contributed by atoms with Crippen LogP contribution < -0.4 is 14.9 Å². The first kappa shape index (κ1) is 17.9. The van der Waals surface area contributed by atoms with Crippen molar-refractivity contribution in [3.05, 3.63) is 58.7 Å². The van der Waals surface area contributed by atoms with Gasteiger partial charge in [-0.1, -0.05) is 18.2 Å². The Kier molecular flexibility index (Phi) is 4.73. The van der Waals surface area contributed by atoms with Gasteiger partial charge in [-0.25, -0.2) is 9.67 Å². The molecule has 0 bridgehead atoms. The van der Waals surface area contributed by atoms with Crippen LogP contribution in [0, 0.1) is 0 Å². The highest BCUT2D eigenvalue weighted by molar-refractivity contribution is 7.07. The van der Waals surface area contributed by atoms with E-state index in [0.29, 0.717) is 11.4 Å². The topological polar surface area (TPSA) is 68.0 Å². The molecule has 2 aromatic carbocycles. The number of amides is 1. The number of carbonyl (C=O) groups excluding carboxylic acids is 1. The number of hydrogen-bond donors (Lipinski definition) is 1. The van der Waals surface area contributed by atoms with Gasteiger partial charge in [-0.3, -0.25) is 4.79 Å². The van der Waals surface area contributed by atoms with E-state index in [1.165, 1.54) is 18.6 Å². The molecule has 7 heteroatoms. The van der Waals surface area contributed by atoms with Gasteiger partial charge in [-0.2, -0.15) is 5.10 Å². The average Bonchev–Trinajstić information content (AvgIpc) is 3.39. The average molecular weight is 404 g/mol. The number of carbonyl (C=O) groups is 1. The van der Waals surface area contributed by atoms with Gasteiger partial charge in [0.25, 0.3) is 5.91 Å². The second-order valence-electron chi connectivity index (χ2n) is 7.08. The molecule has 1 aliphatic carbocycles. The summed E-state index contributed by atoms with van der Waals surface area (Å²) < 4.78 is 7.42. The molecular weight excluding hydrogens is 384 g/mol. The molecule has 2 heterocycles. The first-order valence-corrected chi connectivity index (χ1v) is 10.6. The number of thiazole rings is 1. The normalized spacial score (nSPS) is 16.3. The third-order valence-corrected chi connectivity index (χ3v) is 5.81. The van der Waals surface area contributed by atoms with E-state index in [9.17, 15) is 4.79 Å². The number of ether oxygens (including phenoxy) is 1. The Labute approximate surface area is 172 Å². The van der Waals surface area contributed by atoms with E-state index >= 15 is 0 Å². The number of benzene rings is 2. The maximum absolute atomic E-state index is 11.7. The van der Waals surface area contributed by atoms with E-state index in [1.54, 1.807) is 11.3 Å². The predicted molar refractivity (Wildman–Crippen MR) is 115 cm³/mol. The van der Waals surface area contributed by atoms with Crippen LogP contribution in [0.5, 0.6) is 5.75 Å². The van der Waals surface area contributed by atoms with Crippen LogP contribution >= 0.6 is 11.3 Å². The van der Waals surface area contributed by atoms with Gasteiger partial charge in [-0.15, -0.1) is 11.3 Å². The lowest BCUT2D eigenvalue weighted by Gasteiger charge is -2.18. The molecule has 1 amide bonds. The summed E-state index contributed by atoms with van der Waals surface area (Å²) in [4.78, 5) is 17.3. The minimum atomic E-state index is -0.140. The van der Waals surface area contributed by atoms with Crippen molar-refractivity contribution in [1.29, 1.82) is 0 Å². The van der Waals surface area contributed by atoms with Crippen LogP contribution in [0.3, 0.4) is 0 Å². The zero-order chi connectivity index (χ0) is 19.6. The first-order chi connectivity index (χ1) is 14.3. The lowest BCUT2D eigenvalue weighted by Crippen LogP contribution is -2.25. The highest BCUT2D eigenvalue weighted by Gasteiger charge is 2.18. The van der Waals surface area contributed by atoms with Crippen LogP contribution in [-0.2, 0) is 4.79 Å². The molecule has 146 valence electrons. The minimum Gasteiger partial charge on any atom is -0.482 e. The lowest BCUT2D eigenvalue weighted by atomic mass is 10.1. The fourth-order valence-corrected chi connectivity index (χ4v) is 4.40. The van der Waals surface area contributed by atoms with Gasteiger partial charge in [0, 0.05) is 16.7 Å². The predicted octanol–water partition coefficient (Wildman–Crippen LogP) is 4.56. The Morgan fingerprint density at radius 3 is 2.72 bits per heavy atom. The molecule has 5 rings (SSSR count). The molecule has 0 unspecified atom stereocenters. The molecule has 6 nitrogen and oxygen atoms in total. The molecule has 0 radical (unpaired) electrons. The molecule has 2 aliphatic rings. The van der Waals surface area contributed by atoms with Crippen molar-refractivity contribution in [3.8, 4) is 17.0 Å². The van der Waals surface area contributed by atoms with E-state index in [1.807, 2.05) is 53.2 Å². The molecule has 0 saturated heterocycles. The number of fused-ring (bicyclic) bond motifs is 1. The smallest absolute Gasteiger partial charge is 0.262 e. The number of para-hydroxylation sites is 1. The van der Waals surface area contributed by atoms with Crippen LogP contribution in [0.2, 0.25) is 0 Å². The fraction of sp³-hybridized carbons (Fsp3) is 0.227. The van der Waals surface area contributed by atoms with E-state index in [4.69, 9.17) is 14.8 Å². The lowest BCUT2D eigenvalue weighted by molar-refractivity contribution is -0.118. The van der Waals surface area contributed by atoms with Crippen molar-refractivity contribution in [2.24, 2.45) is 10.1 Å². The second-order valence-corrected chi connectivity index (χ2v) is 7.92. The van der Waals surface area contributed by atoms with Crippen molar-refractivity contribution >= 4 is 34.3 Å². The van der Waals surface area contributed by atoms with Crippen LogP contribution in [0.4, 0.5) is 11.4 Å². The zero-order valence-corrected chi connectivity index (χ0v) is 16.6. The van der Waals surface area contributed by atoms with E-state index in [0.717, 1.165) is 34.6 Å². The van der Waals surface area contributed by atoms with E-state index in [-0.39, 0.29) is 12.5 Å². The van der Waals surface area contributed by atoms with E-state index in [2.05, 4.69) is 10.7 Å². The summed E-state index contributed by atoms with van der Waals surface area (Å²) in [5.41, 5.74) is 4.70. The number of nitrogens with one attached hydrogen (secondary N) is 1. The van der Waals surface area contributed by atoms with E-state index < -0.39 is 0 Å². The van der Waals surface area contributed by atoms with Crippen molar-refractivity contribution in [2.75, 3.05) is 11.9 Å². The number of aromatic nitrogens is 1. The first-order valence-electron chi connectivity index (χ1n) is 9.70. The molecule has 1 aromatic heterocycles. The molecule has 1 saturated carbocycles. The van der Waals surface area contributed by atoms with Gasteiger partial charge in [-0.05, 0) is 56.0 Å². The van der Waals surface area contributed by atoms with Crippen molar-refractivity contribution in [1.82, 2.24) is 4.68 Å². The molecule has 0 spiro atoms. The molecule has 1 fully saturated rings. The molecule has 29 heavy (non-hydrogen) atoms. The highest BCUT2D eigenvalue weighted by atomic mass is 32.1. The maximum atomic E-state index is 11.7. The monoisotopic (exact) mass is 404 g/mol. The third kappa shape index (κ3) is 3.73. The largest absolute Gasteiger partial charge is 0.482 e. The van der Waals surface area contributed by atoms with Crippen molar-refractivity contribution in [2.45, 2.75) is 25.7 Å². The standard InChI is InChI=1S/C22H20N4O2S/c27-21-13-28-20-11-10-15(12-18(20)24-21)19-14-29-22(23-16-6-2-1-3-7-16)26(19)25-17-8-4-5-9-17/h1-3,6-7,10-12,14H,4-5,8-9,13H2,(H,24,27). The number of anilines is 1. The Balaban J connectivity index is 1.63. The number of nitrogens with zero attached hydrogens (tertiary/aromatic N) is 3. The van der Waals surface area contributed by atoms with Gasteiger partial charge >= 0.3 is 0 Å². The number of rotatable bonds is 3. The highest BCUT2D eigenvalue weighted by Crippen LogP contribution is 2.33. The Bertz CT molecular complexity index is 1150. The van der Waals surface area contributed by atoms with Crippen LogP contribution in [0.1, 0.15) is 25.7 Å². The van der Waals surface area contributed by atoms with Crippen LogP contribution in [0.15, 0.2) is 64.0 Å². The summed E-state index contributed by atoms with van der Waals surface area (Å²) in [6.07, 6.45) is 4.43. The van der Waals surface area contributed by atoms with Crippen LogP contribution in [0.25, 0.3) is 11.3 Å². The Morgan fingerprint density at radius 2 is 1.90 bits per heavy atom. The van der Waals surface area contributed by atoms with Gasteiger partial charge in [0.15, 0.2) is 6.61 Å². The SMILES string of the molecule is O=C1COc2ccc(-c3csc(=Nc4ccccc4)n3N=C3CCCC3)cc2N1. The summed E-state index contributed by atoms with van der Waals surface area (Å²) in [5, 5.41) is 9.89. The van der Waals surface area contributed by atoms with Gasteiger partial charge in [0.2, 0.25) is 4.80 Å². The van der Waals surface area contributed by atoms with Gasteiger partial charge in [0.1, 0.15) is 5.75 Å². The number of hydrogen-bond acceptors (Lipinski definition) is 5. The minimum absolute atomic E-state index is 0.0541. The van der Waals surface area contributed by atoms with Crippen LogP contribution in [-0.4, -0.2) is 22.9 Å². The third-order valence-electron chi connectivity index (χ3n) is 5.00. The molecule has 1 aliphatic heterocycles. The van der Waals surface area contributed by atoms with Crippen molar-refractivity contribution < 1.29 is 9.53 Å². The fourth-order valence-electron chi connectivity index (χ4n) is 3.55. The summed E-state index contributed by atoms with van der Waals surface area (Å²) in [6, 6.07) is 15.7. The summed E-state index contributed by atoms with van der Waals surface area (Å²) >= 11 is 1.56. The zero-order valence-electron chi connectivity index (χ0n) is 15.8. The molecule has 1 N–H and O–H groups in total. The Hall–Kier alpha value is -3.19. The molecule has 3 aromatic rings. The summed E-state index contributed by atoms with van der Waals surface area (Å²) in [7, 11) is 0. The van der Waals surface area contributed by atoms with Gasteiger partial charge < -0.3 is 10.1 Å². The Morgan fingerprint density at radius 1 is 1.07 bits per heavy atom. The molecule has 0 atom stereocenters. The molecular formula is C22H20N4O2S. The quantitative estimate of drug-likeness (QED) is 0.695. The maximum Gasteiger partial charge on any atom is 0.262 e. The second kappa shape index (κ2) is 7.67. The summed E-state index contributed by atoms with van der Waals surface area (Å²) in [5.74, 6) is 0.547. The van der Waals surface area contributed by atoms with Gasteiger partial charge in [0.05, 0.1) is 17.1 Å².